The van der Waals surface area contributed by atoms with Crippen molar-refractivity contribution in [2.24, 2.45) is 0 Å². The lowest BCUT2D eigenvalue weighted by Crippen LogP contribution is -2.54. The number of carbonyl (C=O) groups is 1. The fourth-order valence-corrected chi connectivity index (χ4v) is 3.92. The van der Waals surface area contributed by atoms with Gasteiger partial charge in [0.25, 0.3) is 0 Å². The minimum absolute atomic E-state index is 0.0336. The maximum absolute atomic E-state index is 12.3. The molecule has 0 spiro atoms. The van der Waals surface area contributed by atoms with E-state index in [0.29, 0.717) is 26.2 Å². The van der Waals surface area contributed by atoms with Crippen LogP contribution in [-0.2, 0) is 10.0 Å². The first-order chi connectivity index (χ1) is 9.97. The number of nitrogens with zero attached hydrogens (tertiary/aromatic N) is 2. The highest BCUT2D eigenvalue weighted by atomic mass is 32.2. The molecule has 2 amide bonds. The molecule has 0 radical (unpaired) electrons. The summed E-state index contributed by atoms with van der Waals surface area (Å²) in [5, 5.41) is 3.13. The fraction of sp³-hybridized carbons (Fsp3) is 0.929. The molecule has 2 fully saturated rings. The highest BCUT2D eigenvalue weighted by Gasteiger charge is 2.27. The summed E-state index contributed by atoms with van der Waals surface area (Å²) < 4.78 is 24.4. The predicted octanol–water partition coefficient (Wildman–Crippen LogP) is 1.39. The molecule has 1 saturated heterocycles. The Hall–Kier alpha value is -0.820. The predicted molar refractivity (Wildman–Crippen MR) is 82.6 cm³/mol. The molecule has 0 aromatic heterocycles. The molecule has 7 heteroatoms. The smallest absolute Gasteiger partial charge is 0.317 e. The van der Waals surface area contributed by atoms with Crippen molar-refractivity contribution >= 4 is 16.1 Å². The second-order valence-electron chi connectivity index (χ2n) is 6.14. The van der Waals surface area contributed by atoms with Gasteiger partial charge in [0.2, 0.25) is 10.0 Å². The highest BCUT2D eigenvalue weighted by Crippen LogP contribution is 2.17. The van der Waals surface area contributed by atoms with Gasteiger partial charge in [-0.1, -0.05) is 32.1 Å². The molecular formula is C14H27N3O3S. The van der Waals surface area contributed by atoms with E-state index in [1.165, 1.54) is 42.7 Å². The summed E-state index contributed by atoms with van der Waals surface area (Å²) in [6.45, 7) is 1.76. The molecule has 1 N–H and O–H groups in total. The molecule has 1 saturated carbocycles. The Kier molecular flexibility index (Phi) is 5.87. The summed E-state index contributed by atoms with van der Waals surface area (Å²) in [6, 6.07) is 0.250. The molecule has 2 rings (SSSR count). The van der Waals surface area contributed by atoms with Gasteiger partial charge in [0.15, 0.2) is 0 Å². The third-order valence-electron chi connectivity index (χ3n) is 4.43. The minimum atomic E-state index is -3.14. The maximum Gasteiger partial charge on any atom is 0.317 e. The summed E-state index contributed by atoms with van der Waals surface area (Å²) in [7, 11) is -3.14. The van der Waals surface area contributed by atoms with Gasteiger partial charge in [-0.2, -0.15) is 4.31 Å². The maximum atomic E-state index is 12.3. The van der Waals surface area contributed by atoms with Gasteiger partial charge in [0.05, 0.1) is 6.26 Å². The van der Waals surface area contributed by atoms with Crippen LogP contribution in [0.15, 0.2) is 0 Å². The summed E-state index contributed by atoms with van der Waals surface area (Å²) >= 11 is 0. The first-order valence-electron chi connectivity index (χ1n) is 7.97. The van der Waals surface area contributed by atoms with Crippen LogP contribution >= 0.6 is 0 Å². The Morgan fingerprint density at radius 1 is 0.952 bits per heavy atom. The van der Waals surface area contributed by atoms with E-state index >= 15 is 0 Å². The van der Waals surface area contributed by atoms with Gasteiger partial charge in [0, 0.05) is 32.2 Å². The first kappa shape index (κ1) is 16.5. The number of nitrogens with one attached hydrogen (secondary N) is 1. The molecule has 1 heterocycles. The van der Waals surface area contributed by atoms with Crippen LogP contribution in [0.5, 0.6) is 0 Å². The van der Waals surface area contributed by atoms with Crippen LogP contribution in [0.3, 0.4) is 0 Å². The Balaban J connectivity index is 1.78. The number of hydrogen-bond acceptors (Lipinski definition) is 3. The standard InChI is InChI=1S/C14H27N3O3S/c1-21(19,20)17-11-9-16(10-12-17)14(18)15-13-7-5-3-2-4-6-8-13/h13H,2-12H2,1H3,(H,15,18). The molecule has 21 heavy (non-hydrogen) atoms. The van der Waals surface area contributed by atoms with Crippen LogP contribution in [0.25, 0.3) is 0 Å². The number of carbonyl (C=O) groups excluding carboxylic acids is 1. The average Bonchev–Trinajstić information content (AvgIpc) is 2.41. The second kappa shape index (κ2) is 7.45. The molecule has 0 aromatic rings. The third kappa shape index (κ3) is 5.14. The SMILES string of the molecule is CS(=O)(=O)N1CCN(C(=O)NC2CCCCCCC2)CC1. The summed E-state index contributed by atoms with van der Waals surface area (Å²) in [4.78, 5) is 14.0. The zero-order valence-electron chi connectivity index (χ0n) is 12.9. The Labute approximate surface area is 127 Å². The van der Waals surface area contributed by atoms with Gasteiger partial charge < -0.3 is 10.2 Å². The van der Waals surface area contributed by atoms with Gasteiger partial charge in [-0.05, 0) is 12.8 Å². The number of urea groups is 1. The molecule has 122 valence electrons. The molecule has 6 nitrogen and oxygen atoms in total. The summed E-state index contributed by atoms with van der Waals surface area (Å²) in [5.41, 5.74) is 0. The molecule has 0 aromatic carbocycles. The van der Waals surface area contributed by atoms with Crippen LogP contribution in [-0.4, -0.2) is 62.1 Å². The number of rotatable bonds is 2. The van der Waals surface area contributed by atoms with Crippen molar-refractivity contribution in [1.82, 2.24) is 14.5 Å². The molecule has 0 atom stereocenters. The summed E-state index contributed by atoms with van der Waals surface area (Å²) in [5.74, 6) is 0. The topological polar surface area (TPSA) is 69.7 Å². The fourth-order valence-electron chi connectivity index (χ4n) is 3.09. The number of sulfonamides is 1. The van der Waals surface area contributed by atoms with E-state index in [1.807, 2.05) is 0 Å². The van der Waals surface area contributed by atoms with Crippen molar-refractivity contribution in [3.05, 3.63) is 0 Å². The van der Waals surface area contributed by atoms with E-state index in [4.69, 9.17) is 0 Å². The zero-order valence-corrected chi connectivity index (χ0v) is 13.7. The normalized spacial score (nSPS) is 23.4. The number of hydrogen-bond donors (Lipinski definition) is 1. The van der Waals surface area contributed by atoms with Crippen molar-refractivity contribution in [3.8, 4) is 0 Å². The average molecular weight is 317 g/mol. The van der Waals surface area contributed by atoms with Gasteiger partial charge in [-0.3, -0.25) is 0 Å². The van der Waals surface area contributed by atoms with Crippen LogP contribution in [0.1, 0.15) is 44.9 Å². The van der Waals surface area contributed by atoms with Crippen LogP contribution in [0.2, 0.25) is 0 Å². The second-order valence-corrected chi connectivity index (χ2v) is 8.12. The first-order valence-corrected chi connectivity index (χ1v) is 9.82. The van der Waals surface area contributed by atoms with Crippen LogP contribution < -0.4 is 5.32 Å². The lowest BCUT2D eigenvalue weighted by Gasteiger charge is -2.34. The molecule has 2 aliphatic rings. The van der Waals surface area contributed by atoms with Crippen LogP contribution in [0, 0.1) is 0 Å². The Bertz CT molecular complexity index is 436. The lowest BCUT2D eigenvalue weighted by atomic mass is 9.97. The van der Waals surface area contributed by atoms with E-state index < -0.39 is 10.0 Å². The van der Waals surface area contributed by atoms with E-state index in [-0.39, 0.29) is 12.1 Å². The van der Waals surface area contributed by atoms with Crippen molar-refractivity contribution in [1.29, 1.82) is 0 Å². The zero-order chi connectivity index (χ0) is 15.3. The van der Waals surface area contributed by atoms with Gasteiger partial charge in [-0.25, -0.2) is 13.2 Å². The molecule has 0 unspecified atom stereocenters. The Morgan fingerprint density at radius 2 is 1.48 bits per heavy atom. The molecule has 1 aliphatic carbocycles. The van der Waals surface area contributed by atoms with Crippen molar-refractivity contribution in [3.63, 3.8) is 0 Å². The van der Waals surface area contributed by atoms with E-state index in [9.17, 15) is 13.2 Å². The van der Waals surface area contributed by atoms with Gasteiger partial charge >= 0.3 is 6.03 Å². The molecule has 1 aliphatic heterocycles. The molecular weight excluding hydrogens is 290 g/mol. The van der Waals surface area contributed by atoms with E-state index in [1.54, 1.807) is 4.90 Å². The number of piperazine rings is 1. The minimum Gasteiger partial charge on any atom is -0.335 e. The quantitative estimate of drug-likeness (QED) is 0.836. The van der Waals surface area contributed by atoms with E-state index in [2.05, 4.69) is 5.32 Å². The van der Waals surface area contributed by atoms with Gasteiger partial charge in [0.1, 0.15) is 0 Å². The third-order valence-corrected chi connectivity index (χ3v) is 5.73. The van der Waals surface area contributed by atoms with Crippen molar-refractivity contribution < 1.29 is 13.2 Å². The molecule has 0 bridgehead atoms. The van der Waals surface area contributed by atoms with Crippen molar-refractivity contribution in [2.45, 2.75) is 51.0 Å². The van der Waals surface area contributed by atoms with Gasteiger partial charge in [-0.15, -0.1) is 0 Å². The number of amides is 2. The lowest BCUT2D eigenvalue weighted by molar-refractivity contribution is 0.167. The van der Waals surface area contributed by atoms with Crippen LogP contribution in [0.4, 0.5) is 4.79 Å². The Morgan fingerprint density at radius 3 is 2.00 bits per heavy atom. The monoisotopic (exact) mass is 317 g/mol. The van der Waals surface area contributed by atoms with E-state index in [0.717, 1.165) is 12.8 Å². The van der Waals surface area contributed by atoms with Crippen molar-refractivity contribution in [2.75, 3.05) is 32.4 Å². The highest BCUT2D eigenvalue weighted by molar-refractivity contribution is 7.88. The largest absolute Gasteiger partial charge is 0.335 e. The summed E-state index contributed by atoms with van der Waals surface area (Å²) in [6.07, 6.45) is 9.56.